The SMILES string of the molecule is Cc1ccc(-c2cnc(CCC(=O)OCC(=O)N3C[C@H](C)C[C@@H](C)C3)o2)cc1. The van der Waals surface area contributed by atoms with Crippen LogP contribution in [0.15, 0.2) is 34.9 Å². The number of rotatable bonds is 6. The van der Waals surface area contributed by atoms with Crippen LogP contribution in [0.1, 0.15) is 38.1 Å². The fourth-order valence-corrected chi connectivity index (χ4v) is 3.66. The smallest absolute Gasteiger partial charge is 0.306 e. The molecule has 2 heterocycles. The maximum Gasteiger partial charge on any atom is 0.306 e. The Kier molecular flexibility index (Phi) is 6.49. The zero-order chi connectivity index (χ0) is 20.1. The molecular formula is C22H28N2O4. The van der Waals surface area contributed by atoms with Crippen molar-refractivity contribution in [1.29, 1.82) is 0 Å². The summed E-state index contributed by atoms with van der Waals surface area (Å²) in [7, 11) is 0. The van der Waals surface area contributed by atoms with Gasteiger partial charge in [0.25, 0.3) is 5.91 Å². The van der Waals surface area contributed by atoms with E-state index in [9.17, 15) is 9.59 Å². The van der Waals surface area contributed by atoms with E-state index in [0.29, 0.717) is 29.9 Å². The summed E-state index contributed by atoms with van der Waals surface area (Å²) >= 11 is 0. The van der Waals surface area contributed by atoms with Gasteiger partial charge in [0.2, 0.25) is 0 Å². The number of esters is 1. The number of aryl methyl sites for hydroxylation is 2. The van der Waals surface area contributed by atoms with E-state index >= 15 is 0 Å². The molecule has 1 aliphatic heterocycles. The lowest BCUT2D eigenvalue weighted by molar-refractivity contribution is -0.153. The number of amides is 1. The predicted molar refractivity (Wildman–Crippen MR) is 105 cm³/mol. The number of carbonyl (C=O) groups is 2. The Morgan fingerprint density at radius 2 is 1.86 bits per heavy atom. The molecule has 0 spiro atoms. The van der Waals surface area contributed by atoms with Gasteiger partial charge >= 0.3 is 5.97 Å². The number of hydrogen-bond donors (Lipinski definition) is 0. The average Bonchev–Trinajstić information content (AvgIpc) is 3.13. The van der Waals surface area contributed by atoms with E-state index < -0.39 is 5.97 Å². The summed E-state index contributed by atoms with van der Waals surface area (Å²) in [4.78, 5) is 30.3. The van der Waals surface area contributed by atoms with Gasteiger partial charge in [0.1, 0.15) is 0 Å². The van der Waals surface area contributed by atoms with Crippen LogP contribution in [0.3, 0.4) is 0 Å². The number of carbonyl (C=O) groups excluding carboxylic acids is 2. The van der Waals surface area contributed by atoms with Crippen molar-refractivity contribution >= 4 is 11.9 Å². The second kappa shape index (κ2) is 9.04. The molecule has 1 aromatic heterocycles. The highest BCUT2D eigenvalue weighted by Crippen LogP contribution is 2.22. The van der Waals surface area contributed by atoms with Gasteiger partial charge in [0.05, 0.1) is 12.6 Å². The van der Waals surface area contributed by atoms with Crippen LogP contribution >= 0.6 is 0 Å². The van der Waals surface area contributed by atoms with Crippen molar-refractivity contribution in [3.63, 3.8) is 0 Å². The van der Waals surface area contributed by atoms with Crippen molar-refractivity contribution in [3.05, 3.63) is 41.9 Å². The molecule has 0 N–H and O–H groups in total. The van der Waals surface area contributed by atoms with Crippen LogP contribution in [0.25, 0.3) is 11.3 Å². The second-order valence-corrected chi connectivity index (χ2v) is 7.89. The molecule has 2 aromatic rings. The third-order valence-corrected chi connectivity index (χ3v) is 5.01. The number of oxazole rings is 1. The van der Waals surface area contributed by atoms with E-state index in [2.05, 4.69) is 18.8 Å². The fourth-order valence-electron chi connectivity index (χ4n) is 3.66. The normalized spacial score (nSPS) is 19.5. The first-order valence-corrected chi connectivity index (χ1v) is 9.86. The summed E-state index contributed by atoms with van der Waals surface area (Å²) in [6, 6.07) is 7.97. The van der Waals surface area contributed by atoms with Crippen LogP contribution in [-0.2, 0) is 20.7 Å². The first kappa shape index (κ1) is 20.1. The molecule has 0 aliphatic carbocycles. The van der Waals surface area contributed by atoms with Crippen LogP contribution in [0, 0.1) is 18.8 Å². The molecule has 1 aliphatic rings. The van der Waals surface area contributed by atoms with Gasteiger partial charge in [0.15, 0.2) is 18.3 Å². The molecule has 6 heteroatoms. The van der Waals surface area contributed by atoms with Crippen molar-refractivity contribution in [1.82, 2.24) is 9.88 Å². The van der Waals surface area contributed by atoms with Crippen molar-refractivity contribution in [2.45, 2.75) is 40.0 Å². The lowest BCUT2D eigenvalue weighted by Crippen LogP contribution is -2.44. The van der Waals surface area contributed by atoms with E-state index in [0.717, 1.165) is 25.1 Å². The van der Waals surface area contributed by atoms with Crippen LogP contribution in [0.4, 0.5) is 0 Å². The number of hydrogen-bond acceptors (Lipinski definition) is 5. The molecule has 3 rings (SSSR count). The van der Waals surface area contributed by atoms with Crippen molar-refractivity contribution in [2.24, 2.45) is 11.8 Å². The van der Waals surface area contributed by atoms with Crippen molar-refractivity contribution in [2.75, 3.05) is 19.7 Å². The lowest BCUT2D eigenvalue weighted by Gasteiger charge is -2.34. The second-order valence-electron chi connectivity index (χ2n) is 7.89. The first-order chi connectivity index (χ1) is 13.4. The number of ether oxygens (including phenoxy) is 1. The van der Waals surface area contributed by atoms with Crippen molar-refractivity contribution < 1.29 is 18.7 Å². The van der Waals surface area contributed by atoms with Crippen LogP contribution in [0.2, 0.25) is 0 Å². The summed E-state index contributed by atoms with van der Waals surface area (Å²) in [5, 5.41) is 0. The molecule has 6 nitrogen and oxygen atoms in total. The Morgan fingerprint density at radius 3 is 2.54 bits per heavy atom. The summed E-state index contributed by atoms with van der Waals surface area (Å²) < 4.78 is 10.9. The maximum absolute atomic E-state index is 12.3. The molecule has 1 amide bonds. The van der Waals surface area contributed by atoms with Crippen LogP contribution < -0.4 is 0 Å². The highest BCUT2D eigenvalue weighted by Gasteiger charge is 2.25. The van der Waals surface area contributed by atoms with Gasteiger partial charge in [-0.05, 0) is 25.2 Å². The van der Waals surface area contributed by atoms with E-state index in [1.54, 1.807) is 11.1 Å². The molecule has 1 saturated heterocycles. The van der Waals surface area contributed by atoms with Gasteiger partial charge < -0.3 is 14.1 Å². The molecule has 2 atom stereocenters. The molecule has 0 radical (unpaired) electrons. The molecule has 0 unspecified atom stereocenters. The highest BCUT2D eigenvalue weighted by atomic mass is 16.5. The predicted octanol–water partition coefficient (Wildman–Crippen LogP) is 3.63. The third kappa shape index (κ3) is 5.44. The number of piperidine rings is 1. The Balaban J connectivity index is 1.43. The van der Waals surface area contributed by atoms with Crippen LogP contribution in [-0.4, -0.2) is 41.5 Å². The quantitative estimate of drug-likeness (QED) is 0.711. The molecule has 1 aromatic carbocycles. The first-order valence-electron chi connectivity index (χ1n) is 9.86. The minimum atomic E-state index is -0.415. The van der Waals surface area contributed by atoms with Crippen LogP contribution in [0.5, 0.6) is 0 Å². The maximum atomic E-state index is 12.3. The minimum Gasteiger partial charge on any atom is -0.456 e. The monoisotopic (exact) mass is 384 g/mol. The average molecular weight is 384 g/mol. The number of likely N-dealkylation sites (tertiary alicyclic amines) is 1. The summed E-state index contributed by atoms with van der Waals surface area (Å²) in [6.45, 7) is 7.58. The summed E-state index contributed by atoms with van der Waals surface area (Å²) in [5.74, 6) is 1.59. The minimum absolute atomic E-state index is 0.121. The van der Waals surface area contributed by atoms with Crippen molar-refractivity contribution in [3.8, 4) is 11.3 Å². The van der Waals surface area contributed by atoms with Gasteiger partial charge in [0, 0.05) is 25.1 Å². The van der Waals surface area contributed by atoms with E-state index in [1.807, 2.05) is 31.2 Å². The molecular weight excluding hydrogens is 356 g/mol. The van der Waals surface area contributed by atoms with Gasteiger partial charge in [-0.1, -0.05) is 43.7 Å². The summed E-state index contributed by atoms with van der Waals surface area (Å²) in [6.07, 6.45) is 3.27. The Bertz CT molecular complexity index is 802. The molecule has 0 bridgehead atoms. The zero-order valence-corrected chi connectivity index (χ0v) is 16.8. The third-order valence-electron chi connectivity index (χ3n) is 5.01. The molecule has 1 fully saturated rings. The number of nitrogens with zero attached hydrogens (tertiary/aromatic N) is 2. The molecule has 28 heavy (non-hydrogen) atoms. The van der Waals surface area contributed by atoms with Gasteiger partial charge in [-0.3, -0.25) is 9.59 Å². The topological polar surface area (TPSA) is 72.6 Å². The largest absolute Gasteiger partial charge is 0.456 e. The number of aromatic nitrogens is 1. The summed E-state index contributed by atoms with van der Waals surface area (Å²) in [5.41, 5.74) is 2.12. The van der Waals surface area contributed by atoms with Gasteiger partial charge in [-0.2, -0.15) is 0 Å². The zero-order valence-electron chi connectivity index (χ0n) is 16.8. The fraction of sp³-hybridized carbons (Fsp3) is 0.500. The number of benzene rings is 1. The molecule has 0 saturated carbocycles. The van der Waals surface area contributed by atoms with E-state index in [1.165, 1.54) is 5.56 Å². The van der Waals surface area contributed by atoms with Gasteiger partial charge in [-0.25, -0.2) is 4.98 Å². The van der Waals surface area contributed by atoms with E-state index in [4.69, 9.17) is 9.15 Å². The standard InChI is InChI=1S/C22H28N2O4/c1-15-4-6-18(7-5-15)19-11-23-20(28-19)8-9-22(26)27-14-21(25)24-12-16(2)10-17(3)13-24/h4-7,11,16-17H,8-10,12-14H2,1-3H3/t16-,17-/m1/s1. The molecule has 150 valence electrons. The van der Waals surface area contributed by atoms with E-state index in [-0.39, 0.29) is 18.9 Å². The lowest BCUT2D eigenvalue weighted by atomic mass is 9.92. The Hall–Kier alpha value is -2.63. The Labute approximate surface area is 165 Å². The Morgan fingerprint density at radius 1 is 1.18 bits per heavy atom. The highest BCUT2D eigenvalue weighted by molar-refractivity contribution is 5.80. The van der Waals surface area contributed by atoms with Gasteiger partial charge in [-0.15, -0.1) is 0 Å².